The molecule has 0 atom stereocenters. The van der Waals surface area contributed by atoms with Crippen LogP contribution in [0.4, 0.5) is 5.69 Å². The molecule has 0 spiro atoms. The van der Waals surface area contributed by atoms with E-state index in [1.807, 2.05) is 13.8 Å². The van der Waals surface area contributed by atoms with Crippen LogP contribution < -0.4 is 10.2 Å². The molecule has 0 aliphatic carbocycles. The summed E-state index contributed by atoms with van der Waals surface area (Å²) in [6.07, 6.45) is 0. The molecule has 0 fully saturated rings. The average Bonchev–Trinajstić information content (AvgIpc) is 2.36. The highest BCUT2D eigenvalue weighted by Gasteiger charge is 2.14. The highest BCUT2D eigenvalue weighted by molar-refractivity contribution is 6.33. The first-order valence-corrected chi connectivity index (χ1v) is 6.41. The lowest BCUT2D eigenvalue weighted by Gasteiger charge is -2.23. The summed E-state index contributed by atoms with van der Waals surface area (Å²) in [5, 5.41) is 11.9. The SMILES string of the molecule is CCNC(=O)CN(CC)c1ccc(C(=O)O)cc1Cl. The fourth-order valence-electron chi connectivity index (χ4n) is 1.69. The molecule has 0 aliphatic heterocycles. The number of benzene rings is 1. The Morgan fingerprint density at radius 2 is 2.05 bits per heavy atom. The van der Waals surface area contributed by atoms with Gasteiger partial charge in [0.05, 0.1) is 22.8 Å². The Kier molecular flexibility index (Phi) is 5.63. The maximum absolute atomic E-state index is 11.6. The van der Waals surface area contributed by atoms with Crippen LogP contribution in [0, 0.1) is 0 Å². The van der Waals surface area contributed by atoms with Gasteiger partial charge >= 0.3 is 5.97 Å². The first kappa shape index (κ1) is 15.3. The molecular formula is C13H17ClN2O3. The molecule has 5 nitrogen and oxygen atoms in total. The standard InChI is InChI=1S/C13H17ClN2O3/c1-3-15-12(17)8-16(4-2)11-6-5-9(13(18)19)7-10(11)14/h5-7H,3-4,8H2,1-2H3,(H,15,17)(H,18,19). The van der Waals surface area contributed by atoms with E-state index in [0.29, 0.717) is 23.8 Å². The predicted molar refractivity (Wildman–Crippen MR) is 75.0 cm³/mol. The van der Waals surface area contributed by atoms with Crippen LogP contribution in [0.15, 0.2) is 18.2 Å². The van der Waals surface area contributed by atoms with Crippen LogP contribution in [0.1, 0.15) is 24.2 Å². The first-order chi connectivity index (χ1) is 8.99. The largest absolute Gasteiger partial charge is 0.478 e. The quantitative estimate of drug-likeness (QED) is 0.838. The number of amides is 1. The van der Waals surface area contributed by atoms with Crippen LogP contribution >= 0.6 is 11.6 Å². The summed E-state index contributed by atoms with van der Waals surface area (Å²) in [7, 11) is 0. The van der Waals surface area contributed by atoms with Crippen molar-refractivity contribution in [1.82, 2.24) is 5.32 Å². The van der Waals surface area contributed by atoms with E-state index in [1.165, 1.54) is 12.1 Å². The van der Waals surface area contributed by atoms with E-state index in [1.54, 1.807) is 11.0 Å². The number of carboxylic acids is 1. The van der Waals surface area contributed by atoms with Gasteiger partial charge in [0.2, 0.25) is 5.91 Å². The zero-order valence-corrected chi connectivity index (χ0v) is 11.7. The summed E-state index contributed by atoms with van der Waals surface area (Å²) in [5.74, 6) is -1.12. The van der Waals surface area contributed by atoms with Crippen LogP contribution in [0.25, 0.3) is 0 Å². The molecule has 2 N–H and O–H groups in total. The van der Waals surface area contributed by atoms with Gasteiger partial charge in [-0.2, -0.15) is 0 Å². The summed E-state index contributed by atoms with van der Waals surface area (Å²) >= 11 is 6.07. The van der Waals surface area contributed by atoms with E-state index < -0.39 is 5.97 Å². The van der Waals surface area contributed by atoms with Crippen molar-refractivity contribution in [2.24, 2.45) is 0 Å². The molecule has 19 heavy (non-hydrogen) atoms. The van der Waals surface area contributed by atoms with E-state index in [0.717, 1.165) is 0 Å². The summed E-state index contributed by atoms with van der Waals surface area (Å²) in [4.78, 5) is 24.2. The molecule has 0 radical (unpaired) electrons. The molecule has 6 heteroatoms. The number of hydrogen-bond donors (Lipinski definition) is 2. The van der Waals surface area contributed by atoms with Crippen LogP contribution in [0.3, 0.4) is 0 Å². The Morgan fingerprint density at radius 1 is 1.37 bits per heavy atom. The van der Waals surface area contributed by atoms with Crippen LogP contribution in [-0.4, -0.2) is 36.6 Å². The molecular weight excluding hydrogens is 268 g/mol. The van der Waals surface area contributed by atoms with Gasteiger partial charge in [0.1, 0.15) is 0 Å². The second-order valence-electron chi connectivity index (χ2n) is 3.94. The van der Waals surface area contributed by atoms with Gasteiger partial charge in [-0.25, -0.2) is 4.79 Å². The van der Waals surface area contributed by atoms with Gasteiger partial charge in [0, 0.05) is 13.1 Å². The lowest BCUT2D eigenvalue weighted by atomic mass is 10.2. The number of rotatable bonds is 6. The van der Waals surface area contributed by atoms with Crippen molar-refractivity contribution in [3.05, 3.63) is 28.8 Å². The smallest absolute Gasteiger partial charge is 0.335 e. The van der Waals surface area contributed by atoms with Gasteiger partial charge < -0.3 is 15.3 Å². The van der Waals surface area contributed by atoms with Gasteiger partial charge in [-0.3, -0.25) is 4.79 Å². The molecule has 0 saturated heterocycles. The number of aromatic carboxylic acids is 1. The third kappa shape index (κ3) is 4.13. The third-order valence-electron chi connectivity index (χ3n) is 2.63. The number of carbonyl (C=O) groups is 2. The Morgan fingerprint density at radius 3 is 2.53 bits per heavy atom. The Hall–Kier alpha value is -1.75. The van der Waals surface area contributed by atoms with Crippen molar-refractivity contribution >= 4 is 29.2 Å². The van der Waals surface area contributed by atoms with E-state index in [2.05, 4.69) is 5.32 Å². The molecule has 0 saturated carbocycles. The molecule has 0 bridgehead atoms. The minimum Gasteiger partial charge on any atom is -0.478 e. The second kappa shape index (κ2) is 6.99. The molecule has 0 heterocycles. The summed E-state index contributed by atoms with van der Waals surface area (Å²) in [6.45, 7) is 5.12. The Labute approximate surface area is 117 Å². The first-order valence-electron chi connectivity index (χ1n) is 6.04. The van der Waals surface area contributed by atoms with E-state index in [4.69, 9.17) is 16.7 Å². The van der Waals surface area contributed by atoms with Gasteiger partial charge in [-0.1, -0.05) is 11.6 Å². The molecule has 1 amide bonds. The van der Waals surface area contributed by atoms with Crippen molar-refractivity contribution in [3.63, 3.8) is 0 Å². The number of halogens is 1. The topological polar surface area (TPSA) is 69.6 Å². The molecule has 1 aromatic carbocycles. The minimum atomic E-state index is -1.03. The number of carboxylic acid groups (broad SMARTS) is 1. The summed E-state index contributed by atoms with van der Waals surface area (Å²) in [6, 6.07) is 4.48. The molecule has 0 aliphatic rings. The van der Waals surface area contributed by atoms with Crippen molar-refractivity contribution in [2.45, 2.75) is 13.8 Å². The molecule has 104 valence electrons. The molecule has 0 aromatic heterocycles. The Bertz CT molecular complexity index is 477. The fraction of sp³-hybridized carbons (Fsp3) is 0.385. The van der Waals surface area contributed by atoms with Gasteiger partial charge in [0.25, 0.3) is 0 Å². The number of nitrogens with one attached hydrogen (secondary N) is 1. The monoisotopic (exact) mass is 284 g/mol. The highest BCUT2D eigenvalue weighted by atomic mass is 35.5. The number of carbonyl (C=O) groups excluding carboxylic acids is 1. The van der Waals surface area contributed by atoms with E-state index in [-0.39, 0.29) is 18.0 Å². The fourth-order valence-corrected chi connectivity index (χ4v) is 1.99. The second-order valence-corrected chi connectivity index (χ2v) is 4.35. The van der Waals surface area contributed by atoms with Crippen LogP contribution in [0.2, 0.25) is 5.02 Å². The lowest BCUT2D eigenvalue weighted by molar-refractivity contribution is -0.119. The van der Waals surface area contributed by atoms with E-state index >= 15 is 0 Å². The van der Waals surface area contributed by atoms with Gasteiger partial charge in [0.15, 0.2) is 0 Å². The summed E-state index contributed by atoms with van der Waals surface area (Å²) in [5.41, 5.74) is 0.781. The molecule has 1 rings (SSSR count). The number of likely N-dealkylation sites (N-methyl/N-ethyl adjacent to an activating group) is 2. The van der Waals surface area contributed by atoms with Crippen LogP contribution in [-0.2, 0) is 4.79 Å². The maximum Gasteiger partial charge on any atom is 0.335 e. The van der Waals surface area contributed by atoms with Crippen molar-refractivity contribution in [1.29, 1.82) is 0 Å². The minimum absolute atomic E-state index is 0.0947. The maximum atomic E-state index is 11.6. The van der Waals surface area contributed by atoms with Gasteiger partial charge in [-0.05, 0) is 32.0 Å². The molecule has 0 unspecified atom stereocenters. The highest BCUT2D eigenvalue weighted by Crippen LogP contribution is 2.26. The normalized spacial score (nSPS) is 10.1. The number of anilines is 1. The lowest BCUT2D eigenvalue weighted by Crippen LogP contribution is -2.37. The average molecular weight is 285 g/mol. The third-order valence-corrected chi connectivity index (χ3v) is 2.93. The van der Waals surface area contributed by atoms with E-state index in [9.17, 15) is 9.59 Å². The molecule has 1 aromatic rings. The zero-order chi connectivity index (χ0) is 14.4. The van der Waals surface area contributed by atoms with Crippen molar-refractivity contribution in [3.8, 4) is 0 Å². The van der Waals surface area contributed by atoms with Crippen LogP contribution in [0.5, 0.6) is 0 Å². The van der Waals surface area contributed by atoms with Crippen molar-refractivity contribution in [2.75, 3.05) is 24.5 Å². The zero-order valence-electron chi connectivity index (χ0n) is 10.9. The Balaban J connectivity index is 2.92. The van der Waals surface area contributed by atoms with Gasteiger partial charge in [-0.15, -0.1) is 0 Å². The van der Waals surface area contributed by atoms with Crippen molar-refractivity contribution < 1.29 is 14.7 Å². The number of hydrogen-bond acceptors (Lipinski definition) is 3. The number of nitrogens with zero attached hydrogens (tertiary/aromatic N) is 1. The summed E-state index contributed by atoms with van der Waals surface area (Å²) < 4.78 is 0. The predicted octanol–water partition coefficient (Wildman–Crippen LogP) is 2.00.